The van der Waals surface area contributed by atoms with E-state index >= 15 is 0 Å². The third kappa shape index (κ3) is 3.34. The standard InChI is InChI=1S/C15H20N2S/c1-12(15-5-4-10-18-15)16-11-13-6-8-14(9-7-13)17(2)3/h4-10,12,16H,11H2,1-3H3/t12-/m1/s1. The first-order chi connectivity index (χ1) is 8.66. The highest BCUT2D eigenvalue weighted by Crippen LogP contribution is 2.19. The van der Waals surface area contributed by atoms with Crippen molar-refractivity contribution >= 4 is 17.0 Å². The molecule has 0 aliphatic carbocycles. The lowest BCUT2D eigenvalue weighted by molar-refractivity contribution is 0.583. The van der Waals surface area contributed by atoms with Gasteiger partial charge in [0.05, 0.1) is 0 Å². The van der Waals surface area contributed by atoms with Gasteiger partial charge in [-0.25, -0.2) is 0 Å². The van der Waals surface area contributed by atoms with Crippen LogP contribution >= 0.6 is 11.3 Å². The summed E-state index contributed by atoms with van der Waals surface area (Å²) in [4.78, 5) is 3.51. The van der Waals surface area contributed by atoms with Gasteiger partial charge >= 0.3 is 0 Å². The average molecular weight is 260 g/mol. The summed E-state index contributed by atoms with van der Waals surface area (Å²) in [6.07, 6.45) is 0. The Hall–Kier alpha value is -1.32. The SMILES string of the molecule is C[C@@H](NCc1ccc(N(C)C)cc1)c1cccs1. The van der Waals surface area contributed by atoms with E-state index in [0.29, 0.717) is 6.04 Å². The smallest absolute Gasteiger partial charge is 0.0388 e. The molecule has 0 aliphatic rings. The van der Waals surface area contributed by atoms with Crippen molar-refractivity contribution in [1.29, 1.82) is 0 Å². The van der Waals surface area contributed by atoms with Crippen LogP contribution in [0.5, 0.6) is 0 Å². The van der Waals surface area contributed by atoms with Gasteiger partial charge in [-0.2, -0.15) is 0 Å². The van der Waals surface area contributed by atoms with Crippen LogP contribution in [0, 0.1) is 0 Å². The van der Waals surface area contributed by atoms with Crippen molar-refractivity contribution in [2.75, 3.05) is 19.0 Å². The van der Waals surface area contributed by atoms with E-state index in [9.17, 15) is 0 Å². The van der Waals surface area contributed by atoms with Crippen LogP contribution in [0.3, 0.4) is 0 Å². The summed E-state index contributed by atoms with van der Waals surface area (Å²) in [5.41, 5.74) is 2.56. The second-order valence-corrected chi connectivity index (χ2v) is 5.66. The van der Waals surface area contributed by atoms with Gasteiger partial charge in [0.2, 0.25) is 0 Å². The molecule has 1 N–H and O–H groups in total. The van der Waals surface area contributed by atoms with E-state index in [1.54, 1.807) is 11.3 Å². The van der Waals surface area contributed by atoms with E-state index in [4.69, 9.17) is 0 Å². The first-order valence-electron chi connectivity index (χ1n) is 6.20. The van der Waals surface area contributed by atoms with Gasteiger partial charge in [-0.15, -0.1) is 11.3 Å². The maximum atomic E-state index is 3.55. The van der Waals surface area contributed by atoms with E-state index in [1.807, 2.05) is 0 Å². The minimum Gasteiger partial charge on any atom is -0.378 e. The number of thiophene rings is 1. The molecule has 0 amide bonds. The number of hydrogen-bond acceptors (Lipinski definition) is 3. The third-order valence-electron chi connectivity index (χ3n) is 3.04. The Labute approximate surface area is 113 Å². The van der Waals surface area contributed by atoms with Gasteiger partial charge in [-0.3, -0.25) is 0 Å². The summed E-state index contributed by atoms with van der Waals surface area (Å²) in [5, 5.41) is 5.67. The number of rotatable bonds is 5. The highest BCUT2D eigenvalue weighted by molar-refractivity contribution is 7.10. The zero-order valence-electron chi connectivity index (χ0n) is 11.2. The van der Waals surface area contributed by atoms with E-state index < -0.39 is 0 Å². The van der Waals surface area contributed by atoms with Gasteiger partial charge in [0.15, 0.2) is 0 Å². The fourth-order valence-corrected chi connectivity index (χ4v) is 2.58. The molecule has 1 atom stereocenters. The summed E-state index contributed by atoms with van der Waals surface area (Å²) in [6, 6.07) is 13.4. The zero-order valence-corrected chi connectivity index (χ0v) is 12.0. The van der Waals surface area contributed by atoms with Crippen molar-refractivity contribution in [1.82, 2.24) is 5.32 Å². The van der Waals surface area contributed by atoms with Crippen LogP contribution in [0.2, 0.25) is 0 Å². The molecule has 2 nitrogen and oxygen atoms in total. The highest BCUT2D eigenvalue weighted by Gasteiger charge is 2.05. The monoisotopic (exact) mass is 260 g/mol. The molecule has 0 saturated heterocycles. The van der Waals surface area contributed by atoms with Crippen LogP contribution in [0.15, 0.2) is 41.8 Å². The van der Waals surface area contributed by atoms with Crippen LogP contribution in [0.25, 0.3) is 0 Å². The molecular weight excluding hydrogens is 240 g/mol. The Bertz CT molecular complexity index is 460. The molecule has 18 heavy (non-hydrogen) atoms. The quantitative estimate of drug-likeness (QED) is 0.882. The first-order valence-corrected chi connectivity index (χ1v) is 7.08. The normalized spacial score (nSPS) is 12.4. The fraction of sp³-hybridized carbons (Fsp3) is 0.333. The molecule has 96 valence electrons. The number of hydrogen-bond donors (Lipinski definition) is 1. The van der Waals surface area contributed by atoms with Gasteiger partial charge in [-0.05, 0) is 36.1 Å². The third-order valence-corrected chi connectivity index (χ3v) is 4.09. The van der Waals surface area contributed by atoms with E-state index in [2.05, 4.69) is 73.0 Å². The van der Waals surface area contributed by atoms with Crippen molar-refractivity contribution in [2.24, 2.45) is 0 Å². The molecular formula is C15H20N2S. The maximum absolute atomic E-state index is 3.55. The Kier molecular flexibility index (Phi) is 4.39. The zero-order chi connectivity index (χ0) is 13.0. The van der Waals surface area contributed by atoms with Crippen LogP contribution < -0.4 is 10.2 Å². The summed E-state index contributed by atoms with van der Waals surface area (Å²) < 4.78 is 0. The largest absolute Gasteiger partial charge is 0.378 e. The number of anilines is 1. The molecule has 0 unspecified atom stereocenters. The molecule has 1 aromatic heterocycles. The molecule has 0 aliphatic heterocycles. The molecule has 2 aromatic rings. The average Bonchev–Trinajstić information content (AvgIpc) is 2.90. The molecule has 0 saturated carbocycles. The Morgan fingerprint density at radius 1 is 1.17 bits per heavy atom. The summed E-state index contributed by atoms with van der Waals surface area (Å²) >= 11 is 1.80. The molecule has 0 spiro atoms. The molecule has 0 bridgehead atoms. The number of nitrogens with zero attached hydrogens (tertiary/aromatic N) is 1. The lowest BCUT2D eigenvalue weighted by atomic mass is 10.2. The van der Waals surface area contributed by atoms with Gasteiger partial charge in [-0.1, -0.05) is 18.2 Å². The van der Waals surface area contributed by atoms with Crippen LogP contribution in [0.1, 0.15) is 23.4 Å². The summed E-state index contributed by atoms with van der Waals surface area (Å²) in [5.74, 6) is 0. The van der Waals surface area contributed by atoms with Crippen LogP contribution in [-0.4, -0.2) is 14.1 Å². The minimum absolute atomic E-state index is 0.415. The number of nitrogens with one attached hydrogen (secondary N) is 1. The van der Waals surface area contributed by atoms with Crippen molar-refractivity contribution in [3.8, 4) is 0 Å². The number of benzene rings is 1. The van der Waals surface area contributed by atoms with E-state index in [-0.39, 0.29) is 0 Å². The topological polar surface area (TPSA) is 15.3 Å². The van der Waals surface area contributed by atoms with Gasteiger partial charge < -0.3 is 10.2 Å². The van der Waals surface area contributed by atoms with Crippen molar-refractivity contribution in [3.63, 3.8) is 0 Å². The Morgan fingerprint density at radius 2 is 1.89 bits per heavy atom. The van der Waals surface area contributed by atoms with Crippen molar-refractivity contribution in [2.45, 2.75) is 19.5 Å². The Morgan fingerprint density at radius 3 is 2.44 bits per heavy atom. The second kappa shape index (κ2) is 6.03. The predicted octanol–water partition coefficient (Wildman–Crippen LogP) is 3.66. The van der Waals surface area contributed by atoms with Crippen LogP contribution in [0.4, 0.5) is 5.69 Å². The van der Waals surface area contributed by atoms with Crippen molar-refractivity contribution < 1.29 is 0 Å². The summed E-state index contributed by atoms with van der Waals surface area (Å²) in [6.45, 7) is 3.12. The minimum atomic E-state index is 0.415. The van der Waals surface area contributed by atoms with Crippen molar-refractivity contribution in [3.05, 3.63) is 52.2 Å². The van der Waals surface area contributed by atoms with Crippen LogP contribution in [-0.2, 0) is 6.54 Å². The Balaban J connectivity index is 1.90. The maximum Gasteiger partial charge on any atom is 0.0388 e. The van der Waals surface area contributed by atoms with Gasteiger partial charge in [0.25, 0.3) is 0 Å². The predicted molar refractivity (Wildman–Crippen MR) is 80.3 cm³/mol. The van der Waals surface area contributed by atoms with Gasteiger partial charge in [0.1, 0.15) is 0 Å². The molecule has 2 rings (SSSR count). The van der Waals surface area contributed by atoms with E-state index in [1.165, 1.54) is 16.1 Å². The van der Waals surface area contributed by atoms with E-state index in [0.717, 1.165) is 6.54 Å². The molecule has 0 radical (unpaired) electrons. The molecule has 1 aromatic carbocycles. The fourth-order valence-electron chi connectivity index (χ4n) is 1.82. The second-order valence-electron chi connectivity index (χ2n) is 4.68. The first kappa shape index (κ1) is 13.1. The molecule has 0 fully saturated rings. The lowest BCUT2D eigenvalue weighted by Gasteiger charge is -2.14. The highest BCUT2D eigenvalue weighted by atomic mass is 32.1. The molecule has 1 heterocycles. The summed E-state index contributed by atoms with van der Waals surface area (Å²) in [7, 11) is 4.12. The molecule has 3 heteroatoms. The van der Waals surface area contributed by atoms with Gasteiger partial charge in [0, 0.05) is 37.2 Å². The lowest BCUT2D eigenvalue weighted by Crippen LogP contribution is -2.17.